The molecule has 4 rings (SSSR count). The van der Waals surface area contributed by atoms with Crippen molar-refractivity contribution in [3.05, 3.63) is 77.3 Å². The van der Waals surface area contributed by atoms with E-state index in [1.165, 1.54) is 0 Å². The number of rotatable bonds is 4. The van der Waals surface area contributed by atoms with E-state index in [0.717, 1.165) is 27.6 Å². The number of pyridine rings is 1. The van der Waals surface area contributed by atoms with E-state index < -0.39 is 0 Å². The summed E-state index contributed by atoms with van der Waals surface area (Å²) in [5.41, 5.74) is 3.57. The van der Waals surface area contributed by atoms with Gasteiger partial charge in [0.05, 0.1) is 18.3 Å². The van der Waals surface area contributed by atoms with Gasteiger partial charge in [-0.05, 0) is 31.2 Å². The maximum absolute atomic E-state index is 12.5. The molecule has 0 bridgehead atoms. The Labute approximate surface area is 149 Å². The van der Waals surface area contributed by atoms with E-state index in [4.69, 9.17) is 0 Å². The van der Waals surface area contributed by atoms with Crippen molar-refractivity contribution in [3.63, 3.8) is 0 Å². The smallest absolute Gasteiger partial charge is 0.251 e. The van der Waals surface area contributed by atoms with E-state index in [0.29, 0.717) is 12.1 Å². The molecule has 0 aliphatic carbocycles. The maximum atomic E-state index is 12.5. The lowest BCUT2D eigenvalue weighted by Gasteiger charge is -2.06. The first-order valence-electron chi connectivity index (χ1n) is 7.92. The van der Waals surface area contributed by atoms with Gasteiger partial charge in [0.25, 0.3) is 5.91 Å². The van der Waals surface area contributed by atoms with Crippen molar-refractivity contribution in [2.45, 2.75) is 13.5 Å². The minimum absolute atomic E-state index is 0.122. The molecule has 0 atom stereocenters. The predicted octanol–water partition coefficient (Wildman–Crippen LogP) is 3.70. The van der Waals surface area contributed by atoms with Crippen molar-refractivity contribution in [2.24, 2.45) is 0 Å². The standard InChI is InChI=1S/C19H16N4OS/c1-13-12-25-19(22-13)15-6-4-5-14(9-15)18(24)21-11-17-20-10-16-7-2-3-8-23(16)17/h2-10,12H,11H2,1H3,(H,21,24). The fourth-order valence-electron chi connectivity index (χ4n) is 2.67. The number of imidazole rings is 1. The largest absolute Gasteiger partial charge is 0.345 e. The topological polar surface area (TPSA) is 59.3 Å². The Kier molecular flexibility index (Phi) is 4.03. The molecule has 0 aliphatic heterocycles. The second kappa shape index (κ2) is 6.49. The zero-order valence-corrected chi connectivity index (χ0v) is 14.5. The third-order valence-electron chi connectivity index (χ3n) is 3.91. The molecule has 0 aliphatic rings. The van der Waals surface area contributed by atoms with Crippen molar-refractivity contribution >= 4 is 22.8 Å². The average Bonchev–Trinajstić information content (AvgIpc) is 3.26. The Morgan fingerprint density at radius 3 is 3.00 bits per heavy atom. The van der Waals surface area contributed by atoms with Crippen LogP contribution in [0.3, 0.4) is 0 Å². The zero-order chi connectivity index (χ0) is 17.2. The second-order valence-corrected chi connectivity index (χ2v) is 6.59. The van der Waals surface area contributed by atoms with Crippen LogP contribution in [0, 0.1) is 6.92 Å². The van der Waals surface area contributed by atoms with E-state index in [-0.39, 0.29) is 5.91 Å². The summed E-state index contributed by atoms with van der Waals surface area (Å²) in [5, 5.41) is 5.87. The molecule has 25 heavy (non-hydrogen) atoms. The molecule has 5 nitrogen and oxygen atoms in total. The number of nitrogens with one attached hydrogen (secondary N) is 1. The van der Waals surface area contributed by atoms with Crippen LogP contribution < -0.4 is 5.32 Å². The van der Waals surface area contributed by atoms with Crippen molar-refractivity contribution in [1.29, 1.82) is 0 Å². The Balaban J connectivity index is 1.51. The van der Waals surface area contributed by atoms with Crippen LogP contribution in [0.1, 0.15) is 21.9 Å². The second-order valence-electron chi connectivity index (χ2n) is 5.73. The summed E-state index contributed by atoms with van der Waals surface area (Å²) >= 11 is 1.58. The molecule has 0 saturated carbocycles. The fraction of sp³-hybridized carbons (Fsp3) is 0.105. The molecule has 0 saturated heterocycles. The van der Waals surface area contributed by atoms with Crippen molar-refractivity contribution in [1.82, 2.24) is 19.7 Å². The lowest BCUT2D eigenvalue weighted by Crippen LogP contribution is -2.24. The molecule has 3 aromatic heterocycles. The maximum Gasteiger partial charge on any atom is 0.251 e. The molecule has 0 spiro atoms. The molecule has 1 aromatic carbocycles. The number of carbonyl (C=O) groups is 1. The number of thiazole rings is 1. The van der Waals surface area contributed by atoms with Crippen LogP contribution in [0.2, 0.25) is 0 Å². The minimum atomic E-state index is -0.122. The predicted molar refractivity (Wildman–Crippen MR) is 98.6 cm³/mol. The quantitative estimate of drug-likeness (QED) is 0.612. The highest BCUT2D eigenvalue weighted by molar-refractivity contribution is 7.13. The van der Waals surface area contributed by atoms with Gasteiger partial charge in [0.2, 0.25) is 0 Å². The molecule has 124 valence electrons. The lowest BCUT2D eigenvalue weighted by molar-refractivity contribution is 0.0950. The van der Waals surface area contributed by atoms with Crippen LogP contribution >= 0.6 is 11.3 Å². The third-order valence-corrected chi connectivity index (χ3v) is 4.92. The highest BCUT2D eigenvalue weighted by Gasteiger charge is 2.10. The van der Waals surface area contributed by atoms with E-state index in [2.05, 4.69) is 15.3 Å². The SMILES string of the molecule is Cc1csc(-c2cccc(C(=O)NCc3ncc4ccccn34)c2)n1. The summed E-state index contributed by atoms with van der Waals surface area (Å²) in [6.07, 6.45) is 3.74. The van der Waals surface area contributed by atoms with Gasteiger partial charge < -0.3 is 9.72 Å². The first-order valence-corrected chi connectivity index (χ1v) is 8.80. The van der Waals surface area contributed by atoms with Gasteiger partial charge in [-0.3, -0.25) is 4.79 Å². The van der Waals surface area contributed by atoms with Crippen molar-refractivity contribution < 1.29 is 4.79 Å². The average molecular weight is 348 g/mol. The third kappa shape index (κ3) is 3.16. The van der Waals surface area contributed by atoms with Crippen LogP contribution in [0.15, 0.2) is 60.2 Å². The molecular weight excluding hydrogens is 332 g/mol. The molecule has 1 N–H and O–H groups in total. The molecule has 0 fully saturated rings. The summed E-state index contributed by atoms with van der Waals surface area (Å²) in [6.45, 7) is 2.34. The van der Waals surface area contributed by atoms with Gasteiger partial charge in [0.15, 0.2) is 0 Å². The van der Waals surface area contributed by atoms with E-state index in [9.17, 15) is 4.79 Å². The summed E-state index contributed by atoms with van der Waals surface area (Å²) in [6, 6.07) is 13.4. The number of hydrogen-bond acceptors (Lipinski definition) is 4. The molecule has 6 heteroatoms. The highest BCUT2D eigenvalue weighted by atomic mass is 32.1. The monoisotopic (exact) mass is 348 g/mol. The lowest BCUT2D eigenvalue weighted by atomic mass is 10.1. The number of carbonyl (C=O) groups excluding carboxylic acids is 1. The van der Waals surface area contributed by atoms with Gasteiger partial charge in [0.1, 0.15) is 10.8 Å². The normalized spacial score (nSPS) is 10.9. The summed E-state index contributed by atoms with van der Waals surface area (Å²) < 4.78 is 1.97. The molecular formula is C19H16N4OS. The molecule has 3 heterocycles. The highest BCUT2D eigenvalue weighted by Crippen LogP contribution is 2.24. The number of benzene rings is 1. The Hall–Kier alpha value is -2.99. The summed E-state index contributed by atoms with van der Waals surface area (Å²) in [4.78, 5) is 21.3. The molecule has 4 aromatic rings. The summed E-state index contributed by atoms with van der Waals surface area (Å²) in [7, 11) is 0. The first-order chi connectivity index (χ1) is 12.2. The van der Waals surface area contributed by atoms with E-state index in [1.54, 1.807) is 17.5 Å². The number of aryl methyl sites for hydroxylation is 1. The van der Waals surface area contributed by atoms with Gasteiger partial charge in [-0.15, -0.1) is 11.3 Å². The van der Waals surface area contributed by atoms with Gasteiger partial charge in [-0.2, -0.15) is 0 Å². The Morgan fingerprint density at radius 2 is 2.16 bits per heavy atom. The Morgan fingerprint density at radius 1 is 1.24 bits per heavy atom. The van der Waals surface area contributed by atoms with Crippen molar-refractivity contribution in [2.75, 3.05) is 0 Å². The zero-order valence-electron chi connectivity index (χ0n) is 13.6. The van der Waals surface area contributed by atoms with Gasteiger partial charge in [-0.25, -0.2) is 9.97 Å². The van der Waals surface area contributed by atoms with Crippen LogP contribution in [-0.4, -0.2) is 20.3 Å². The van der Waals surface area contributed by atoms with Crippen LogP contribution in [0.4, 0.5) is 0 Å². The van der Waals surface area contributed by atoms with Crippen LogP contribution in [0.5, 0.6) is 0 Å². The van der Waals surface area contributed by atoms with Gasteiger partial charge in [0, 0.05) is 28.4 Å². The van der Waals surface area contributed by atoms with Crippen LogP contribution in [0.25, 0.3) is 16.1 Å². The number of amides is 1. The van der Waals surface area contributed by atoms with Gasteiger partial charge in [-0.1, -0.05) is 18.2 Å². The number of nitrogens with zero attached hydrogens (tertiary/aromatic N) is 3. The van der Waals surface area contributed by atoms with Crippen LogP contribution in [-0.2, 0) is 6.54 Å². The van der Waals surface area contributed by atoms with Crippen molar-refractivity contribution in [3.8, 4) is 10.6 Å². The fourth-order valence-corrected chi connectivity index (χ4v) is 3.47. The molecule has 1 amide bonds. The van der Waals surface area contributed by atoms with E-state index in [1.807, 2.05) is 65.4 Å². The van der Waals surface area contributed by atoms with Gasteiger partial charge >= 0.3 is 0 Å². The Bertz CT molecular complexity index is 1050. The number of aromatic nitrogens is 3. The molecule has 0 radical (unpaired) electrons. The number of fused-ring (bicyclic) bond motifs is 1. The first kappa shape index (κ1) is 15.5. The summed E-state index contributed by atoms with van der Waals surface area (Å²) in [5.74, 6) is 0.679. The minimum Gasteiger partial charge on any atom is -0.345 e. The van der Waals surface area contributed by atoms with E-state index >= 15 is 0 Å². The molecule has 0 unspecified atom stereocenters. The number of hydrogen-bond donors (Lipinski definition) is 1.